The van der Waals surface area contributed by atoms with Crippen molar-refractivity contribution in [2.45, 2.75) is 51.7 Å². The summed E-state index contributed by atoms with van der Waals surface area (Å²) in [7, 11) is 1.76. The van der Waals surface area contributed by atoms with Gasteiger partial charge in [-0.3, -0.25) is 4.79 Å². The van der Waals surface area contributed by atoms with Gasteiger partial charge >= 0.3 is 0 Å². The van der Waals surface area contributed by atoms with Gasteiger partial charge in [-0.05, 0) is 19.8 Å². The molecule has 1 aromatic heterocycles. The first-order valence-corrected chi connectivity index (χ1v) is 7.52. The van der Waals surface area contributed by atoms with Crippen LogP contribution in [0.3, 0.4) is 0 Å². The molecule has 1 aromatic rings. The van der Waals surface area contributed by atoms with Crippen LogP contribution < -0.4 is 10.6 Å². The topological polar surface area (TPSA) is 76.1 Å². The van der Waals surface area contributed by atoms with Crippen molar-refractivity contribution in [2.75, 3.05) is 19.0 Å². The van der Waals surface area contributed by atoms with Gasteiger partial charge in [0.05, 0.1) is 18.0 Å². The second-order valence-corrected chi connectivity index (χ2v) is 5.61. The molecule has 6 nitrogen and oxygen atoms in total. The number of hydrogen-bond donors (Lipinski definition) is 2. The third kappa shape index (κ3) is 3.69. The van der Waals surface area contributed by atoms with Crippen molar-refractivity contribution < 1.29 is 9.53 Å². The van der Waals surface area contributed by atoms with E-state index in [0.29, 0.717) is 17.2 Å². The van der Waals surface area contributed by atoms with Crippen LogP contribution in [-0.4, -0.2) is 41.7 Å². The summed E-state index contributed by atoms with van der Waals surface area (Å²) in [6, 6.07) is 0.177. The number of anilines is 1. The van der Waals surface area contributed by atoms with Gasteiger partial charge in [-0.1, -0.05) is 13.8 Å². The average molecular weight is 292 g/mol. The Hall–Kier alpha value is -1.69. The van der Waals surface area contributed by atoms with E-state index in [4.69, 9.17) is 4.74 Å². The lowest BCUT2D eigenvalue weighted by molar-refractivity contribution is -0.00866. The molecule has 1 aliphatic rings. The quantitative estimate of drug-likeness (QED) is 0.838. The average Bonchev–Trinajstić information content (AvgIpc) is 2.44. The maximum Gasteiger partial charge on any atom is 0.272 e. The zero-order chi connectivity index (χ0) is 15.4. The predicted molar refractivity (Wildman–Crippen MR) is 81.6 cm³/mol. The Balaban J connectivity index is 2.03. The van der Waals surface area contributed by atoms with E-state index >= 15 is 0 Å². The molecule has 0 spiro atoms. The maximum absolute atomic E-state index is 12.4. The highest BCUT2D eigenvalue weighted by Crippen LogP contribution is 2.24. The highest BCUT2D eigenvalue weighted by molar-refractivity contribution is 5.97. The van der Waals surface area contributed by atoms with Crippen molar-refractivity contribution >= 4 is 11.6 Å². The van der Waals surface area contributed by atoms with E-state index in [0.717, 1.165) is 19.4 Å². The van der Waals surface area contributed by atoms with Crippen molar-refractivity contribution in [1.82, 2.24) is 15.3 Å². The van der Waals surface area contributed by atoms with Crippen molar-refractivity contribution in [2.24, 2.45) is 0 Å². The third-order valence-corrected chi connectivity index (χ3v) is 3.64. The molecular formula is C15H24N4O2. The van der Waals surface area contributed by atoms with Gasteiger partial charge < -0.3 is 15.4 Å². The Labute approximate surface area is 125 Å². The molecule has 0 radical (unpaired) electrons. The van der Waals surface area contributed by atoms with Crippen LogP contribution in [0.1, 0.15) is 55.8 Å². The van der Waals surface area contributed by atoms with Gasteiger partial charge in [-0.15, -0.1) is 0 Å². The SMILES string of the molecule is CCOC1CC(NC(=O)c2nc(C(C)C)ncc2NC)C1. The fourth-order valence-corrected chi connectivity index (χ4v) is 2.34. The summed E-state index contributed by atoms with van der Waals surface area (Å²) in [5.74, 6) is 0.719. The lowest BCUT2D eigenvalue weighted by Crippen LogP contribution is -2.48. The molecule has 1 heterocycles. The molecule has 1 saturated carbocycles. The zero-order valence-corrected chi connectivity index (χ0v) is 13.1. The second kappa shape index (κ2) is 6.85. The predicted octanol–water partition coefficient (Wildman–Crippen LogP) is 1.94. The molecule has 2 rings (SSSR count). The summed E-state index contributed by atoms with van der Waals surface area (Å²) in [6.07, 6.45) is 3.69. The highest BCUT2D eigenvalue weighted by Gasteiger charge is 2.31. The summed E-state index contributed by atoms with van der Waals surface area (Å²) in [4.78, 5) is 21.0. The van der Waals surface area contributed by atoms with Crippen LogP contribution in [-0.2, 0) is 4.74 Å². The molecule has 6 heteroatoms. The van der Waals surface area contributed by atoms with Crippen LogP contribution in [0.15, 0.2) is 6.20 Å². The standard InChI is InChI=1S/C15H24N4O2/c1-5-21-11-6-10(7-11)18-15(20)13-12(16-4)8-17-14(19-13)9(2)3/h8-11,16H,5-7H2,1-4H3,(H,18,20). The Morgan fingerprint density at radius 3 is 2.76 bits per heavy atom. The van der Waals surface area contributed by atoms with E-state index < -0.39 is 0 Å². The van der Waals surface area contributed by atoms with E-state index in [1.54, 1.807) is 13.2 Å². The van der Waals surface area contributed by atoms with E-state index in [1.807, 2.05) is 20.8 Å². The molecule has 0 atom stereocenters. The molecule has 0 aliphatic heterocycles. The molecule has 116 valence electrons. The first-order chi connectivity index (χ1) is 10.0. The number of aromatic nitrogens is 2. The molecule has 1 aliphatic carbocycles. The fourth-order valence-electron chi connectivity index (χ4n) is 2.34. The summed E-state index contributed by atoms with van der Waals surface area (Å²) >= 11 is 0. The van der Waals surface area contributed by atoms with Gasteiger partial charge in [-0.2, -0.15) is 0 Å². The van der Waals surface area contributed by atoms with E-state index in [-0.39, 0.29) is 24.0 Å². The Kier molecular flexibility index (Phi) is 5.12. The summed E-state index contributed by atoms with van der Waals surface area (Å²) in [5, 5.41) is 5.98. The Bertz CT molecular complexity index is 498. The minimum absolute atomic E-state index is 0.149. The molecule has 21 heavy (non-hydrogen) atoms. The van der Waals surface area contributed by atoms with Crippen molar-refractivity contribution in [3.05, 3.63) is 17.7 Å². The minimum atomic E-state index is -0.149. The molecule has 1 amide bonds. The largest absolute Gasteiger partial charge is 0.385 e. The first-order valence-electron chi connectivity index (χ1n) is 7.52. The molecule has 0 unspecified atom stereocenters. The number of nitrogens with zero attached hydrogens (tertiary/aromatic N) is 2. The third-order valence-electron chi connectivity index (χ3n) is 3.64. The molecular weight excluding hydrogens is 268 g/mol. The first kappa shape index (κ1) is 15.7. The lowest BCUT2D eigenvalue weighted by atomic mass is 9.89. The van der Waals surface area contributed by atoms with Crippen molar-refractivity contribution in [1.29, 1.82) is 0 Å². The Morgan fingerprint density at radius 1 is 1.48 bits per heavy atom. The van der Waals surface area contributed by atoms with Crippen LogP contribution in [0.25, 0.3) is 0 Å². The van der Waals surface area contributed by atoms with Gasteiger partial charge in [0.15, 0.2) is 5.69 Å². The van der Waals surface area contributed by atoms with Crippen molar-refractivity contribution in [3.63, 3.8) is 0 Å². The number of carbonyl (C=O) groups excluding carboxylic acids is 1. The number of ether oxygens (including phenoxy) is 1. The van der Waals surface area contributed by atoms with Crippen LogP contribution >= 0.6 is 0 Å². The monoisotopic (exact) mass is 292 g/mol. The van der Waals surface area contributed by atoms with Gasteiger partial charge in [0.25, 0.3) is 5.91 Å². The minimum Gasteiger partial charge on any atom is -0.385 e. The highest BCUT2D eigenvalue weighted by atomic mass is 16.5. The van der Waals surface area contributed by atoms with Gasteiger partial charge in [0.2, 0.25) is 0 Å². The number of hydrogen-bond acceptors (Lipinski definition) is 5. The van der Waals surface area contributed by atoms with Gasteiger partial charge in [0.1, 0.15) is 5.82 Å². The van der Waals surface area contributed by atoms with Crippen molar-refractivity contribution in [3.8, 4) is 0 Å². The van der Waals surface area contributed by atoms with E-state index in [2.05, 4.69) is 20.6 Å². The summed E-state index contributed by atoms with van der Waals surface area (Å²) in [5.41, 5.74) is 1.06. The smallest absolute Gasteiger partial charge is 0.272 e. The number of nitrogens with one attached hydrogen (secondary N) is 2. The Morgan fingerprint density at radius 2 is 2.19 bits per heavy atom. The van der Waals surface area contributed by atoms with Crippen LogP contribution in [0.2, 0.25) is 0 Å². The van der Waals surface area contributed by atoms with Gasteiger partial charge in [-0.25, -0.2) is 9.97 Å². The maximum atomic E-state index is 12.4. The molecule has 1 fully saturated rings. The molecule has 0 aromatic carbocycles. The van der Waals surface area contributed by atoms with E-state index in [1.165, 1.54) is 0 Å². The summed E-state index contributed by atoms with van der Waals surface area (Å²) < 4.78 is 5.50. The number of amides is 1. The fraction of sp³-hybridized carbons (Fsp3) is 0.667. The second-order valence-electron chi connectivity index (χ2n) is 5.61. The molecule has 0 saturated heterocycles. The molecule has 0 bridgehead atoms. The zero-order valence-electron chi connectivity index (χ0n) is 13.1. The van der Waals surface area contributed by atoms with Crippen LogP contribution in [0.5, 0.6) is 0 Å². The van der Waals surface area contributed by atoms with Crippen LogP contribution in [0.4, 0.5) is 5.69 Å². The van der Waals surface area contributed by atoms with Crippen LogP contribution in [0, 0.1) is 0 Å². The number of carbonyl (C=O) groups is 1. The van der Waals surface area contributed by atoms with E-state index in [9.17, 15) is 4.79 Å². The number of rotatable bonds is 6. The van der Waals surface area contributed by atoms with Gasteiger partial charge in [0, 0.05) is 25.6 Å². The normalized spacial score (nSPS) is 21.0. The summed E-state index contributed by atoms with van der Waals surface area (Å²) in [6.45, 7) is 6.72. The lowest BCUT2D eigenvalue weighted by Gasteiger charge is -2.35. The molecule has 2 N–H and O–H groups in total.